The molecule has 1 aromatic heterocycles. The van der Waals surface area contributed by atoms with Gasteiger partial charge in [-0.1, -0.05) is 23.7 Å². The van der Waals surface area contributed by atoms with E-state index in [4.69, 9.17) is 11.6 Å². The van der Waals surface area contributed by atoms with E-state index in [-0.39, 0.29) is 12.5 Å². The van der Waals surface area contributed by atoms with E-state index in [0.29, 0.717) is 5.02 Å². The summed E-state index contributed by atoms with van der Waals surface area (Å²) in [6.45, 7) is 4.27. The van der Waals surface area contributed by atoms with Crippen LogP contribution in [0.4, 0.5) is 5.00 Å². The van der Waals surface area contributed by atoms with Gasteiger partial charge in [0.15, 0.2) is 0 Å². The molecule has 1 aliphatic heterocycles. The van der Waals surface area contributed by atoms with E-state index in [1.807, 2.05) is 24.3 Å². The Labute approximate surface area is 126 Å². The average molecular weight is 305 g/mol. The first kappa shape index (κ1) is 13.3. The smallest absolute Gasteiger partial charge is 0.246 e. The Kier molecular flexibility index (Phi) is 3.36. The molecule has 0 aliphatic carbocycles. The molecule has 1 aromatic carbocycles. The van der Waals surface area contributed by atoms with Crippen LogP contribution in [0.2, 0.25) is 5.02 Å². The molecule has 0 saturated carbocycles. The fourth-order valence-electron chi connectivity index (χ4n) is 2.24. The number of thiophene rings is 1. The van der Waals surface area contributed by atoms with E-state index >= 15 is 0 Å². The monoisotopic (exact) mass is 304 g/mol. The van der Waals surface area contributed by atoms with Gasteiger partial charge in [0.25, 0.3) is 0 Å². The highest BCUT2D eigenvalue weighted by Gasteiger charge is 2.23. The molecule has 0 spiro atoms. The number of nitrogens with one attached hydrogen (secondary N) is 1. The second-order valence-electron chi connectivity index (χ2n) is 4.71. The van der Waals surface area contributed by atoms with Gasteiger partial charge in [-0.05, 0) is 31.5 Å². The third-order valence-corrected chi connectivity index (χ3v) is 4.75. The van der Waals surface area contributed by atoms with Crippen molar-refractivity contribution in [2.75, 3.05) is 11.9 Å². The molecule has 3 nitrogen and oxygen atoms in total. The molecule has 0 radical (unpaired) electrons. The van der Waals surface area contributed by atoms with E-state index in [1.165, 1.54) is 10.4 Å². The number of amides is 1. The van der Waals surface area contributed by atoms with Crippen molar-refractivity contribution >= 4 is 39.6 Å². The van der Waals surface area contributed by atoms with Gasteiger partial charge < -0.3 is 5.32 Å². The number of hydrogen-bond donors (Lipinski definition) is 1. The highest BCUT2D eigenvalue weighted by molar-refractivity contribution is 7.17. The maximum Gasteiger partial charge on any atom is 0.246 e. The fourth-order valence-corrected chi connectivity index (χ4v) is 3.44. The molecule has 1 N–H and O–H groups in total. The Hall–Kier alpha value is -1.65. The van der Waals surface area contributed by atoms with E-state index in [0.717, 1.165) is 21.8 Å². The van der Waals surface area contributed by atoms with E-state index in [2.05, 4.69) is 24.2 Å². The molecule has 1 amide bonds. The van der Waals surface area contributed by atoms with Crippen molar-refractivity contribution in [2.24, 2.45) is 4.99 Å². The predicted molar refractivity (Wildman–Crippen MR) is 84.4 cm³/mol. The Morgan fingerprint density at radius 3 is 2.65 bits per heavy atom. The van der Waals surface area contributed by atoms with Crippen molar-refractivity contribution in [3.8, 4) is 0 Å². The number of hydrogen-bond acceptors (Lipinski definition) is 3. The maximum atomic E-state index is 11.8. The van der Waals surface area contributed by atoms with Gasteiger partial charge in [-0.2, -0.15) is 0 Å². The van der Waals surface area contributed by atoms with Crippen LogP contribution in [0.5, 0.6) is 0 Å². The van der Waals surface area contributed by atoms with Crippen molar-refractivity contribution in [2.45, 2.75) is 13.8 Å². The summed E-state index contributed by atoms with van der Waals surface area (Å²) in [5.74, 6) is -0.0727. The van der Waals surface area contributed by atoms with Gasteiger partial charge in [0.05, 0.1) is 5.71 Å². The second-order valence-corrected chi connectivity index (χ2v) is 6.37. The topological polar surface area (TPSA) is 41.5 Å². The number of aliphatic imine (C=N–C) groups is 1. The molecule has 1 aliphatic rings. The zero-order valence-electron chi connectivity index (χ0n) is 11.2. The molecule has 5 heteroatoms. The van der Waals surface area contributed by atoms with Gasteiger partial charge in [0, 0.05) is 21.0 Å². The van der Waals surface area contributed by atoms with Crippen LogP contribution in [-0.2, 0) is 4.79 Å². The zero-order chi connectivity index (χ0) is 14.3. The molecular formula is C15H13ClN2OS. The molecule has 2 aromatic rings. The van der Waals surface area contributed by atoms with E-state index in [1.54, 1.807) is 11.3 Å². The lowest BCUT2D eigenvalue weighted by Crippen LogP contribution is -2.12. The summed E-state index contributed by atoms with van der Waals surface area (Å²) in [6, 6.07) is 7.56. The van der Waals surface area contributed by atoms with Crippen molar-refractivity contribution in [3.63, 3.8) is 0 Å². The molecule has 0 unspecified atom stereocenters. The zero-order valence-corrected chi connectivity index (χ0v) is 12.7. The predicted octanol–water partition coefficient (Wildman–Crippen LogP) is 3.81. The molecule has 102 valence electrons. The minimum Gasteiger partial charge on any atom is -0.316 e. The Morgan fingerprint density at radius 2 is 1.95 bits per heavy atom. The third-order valence-electron chi connectivity index (χ3n) is 3.37. The van der Waals surface area contributed by atoms with Gasteiger partial charge in [0.2, 0.25) is 5.91 Å². The standard InChI is InChI=1S/C15H13ClN2OS/c1-8-9(2)20-15-13(8)14(17-7-12(19)18-15)10-3-5-11(16)6-4-10/h3-6H,7H2,1-2H3,(H,18,19). The van der Waals surface area contributed by atoms with Crippen molar-refractivity contribution in [3.05, 3.63) is 50.9 Å². The summed E-state index contributed by atoms with van der Waals surface area (Å²) in [5.41, 5.74) is 4.03. The summed E-state index contributed by atoms with van der Waals surface area (Å²) < 4.78 is 0. The number of fused-ring (bicyclic) bond motifs is 1. The van der Waals surface area contributed by atoms with Crippen molar-refractivity contribution < 1.29 is 4.79 Å². The lowest BCUT2D eigenvalue weighted by molar-refractivity contribution is -0.114. The molecule has 0 fully saturated rings. The third kappa shape index (κ3) is 2.25. The summed E-state index contributed by atoms with van der Waals surface area (Å²) in [5, 5.41) is 4.51. The number of nitrogens with zero attached hydrogens (tertiary/aromatic N) is 1. The van der Waals surface area contributed by atoms with Crippen LogP contribution in [0.3, 0.4) is 0 Å². The largest absolute Gasteiger partial charge is 0.316 e. The number of benzene rings is 1. The number of carbonyl (C=O) groups excluding carboxylic acids is 1. The Balaban J connectivity index is 2.20. The summed E-state index contributed by atoms with van der Waals surface area (Å²) in [7, 11) is 0. The quantitative estimate of drug-likeness (QED) is 0.855. The van der Waals surface area contributed by atoms with Crippen molar-refractivity contribution in [1.82, 2.24) is 0 Å². The van der Waals surface area contributed by atoms with Gasteiger partial charge in [-0.25, -0.2) is 0 Å². The van der Waals surface area contributed by atoms with Crippen LogP contribution in [-0.4, -0.2) is 18.2 Å². The number of anilines is 1. The number of aryl methyl sites for hydroxylation is 1. The second kappa shape index (κ2) is 5.04. The van der Waals surface area contributed by atoms with Crippen LogP contribution in [0.15, 0.2) is 29.3 Å². The first-order valence-electron chi connectivity index (χ1n) is 6.27. The van der Waals surface area contributed by atoms with Crippen LogP contribution < -0.4 is 5.32 Å². The number of carbonyl (C=O) groups is 1. The average Bonchev–Trinajstić information content (AvgIpc) is 2.59. The first-order valence-corrected chi connectivity index (χ1v) is 7.46. The van der Waals surface area contributed by atoms with Crippen LogP contribution in [0.25, 0.3) is 0 Å². The molecule has 0 atom stereocenters. The van der Waals surface area contributed by atoms with Gasteiger partial charge in [0.1, 0.15) is 11.5 Å². The summed E-state index contributed by atoms with van der Waals surface area (Å²) in [6.07, 6.45) is 0. The minimum absolute atomic E-state index is 0.0727. The van der Waals surface area contributed by atoms with Crippen LogP contribution in [0.1, 0.15) is 21.6 Å². The first-order chi connectivity index (χ1) is 9.56. The molecule has 0 saturated heterocycles. The van der Waals surface area contributed by atoms with Gasteiger partial charge in [-0.15, -0.1) is 11.3 Å². The molecule has 3 rings (SSSR count). The lowest BCUT2D eigenvalue weighted by atomic mass is 10.00. The van der Waals surface area contributed by atoms with Gasteiger partial charge in [-0.3, -0.25) is 9.79 Å². The van der Waals surface area contributed by atoms with Gasteiger partial charge >= 0.3 is 0 Å². The highest BCUT2D eigenvalue weighted by Crippen LogP contribution is 2.35. The van der Waals surface area contributed by atoms with Crippen LogP contribution in [0, 0.1) is 13.8 Å². The number of halogens is 1. The summed E-state index contributed by atoms with van der Waals surface area (Å²) >= 11 is 7.53. The molecule has 2 heterocycles. The minimum atomic E-state index is -0.0727. The molecule has 0 bridgehead atoms. The normalized spacial score (nSPS) is 14.3. The lowest BCUT2D eigenvalue weighted by Gasteiger charge is -2.07. The van der Waals surface area contributed by atoms with Crippen LogP contribution >= 0.6 is 22.9 Å². The van der Waals surface area contributed by atoms with Crippen molar-refractivity contribution in [1.29, 1.82) is 0 Å². The molecular weight excluding hydrogens is 292 g/mol. The van der Waals surface area contributed by atoms with E-state index < -0.39 is 0 Å². The fraction of sp³-hybridized carbons (Fsp3) is 0.200. The summed E-state index contributed by atoms with van der Waals surface area (Å²) in [4.78, 5) is 17.4. The number of rotatable bonds is 1. The van der Waals surface area contributed by atoms with E-state index in [9.17, 15) is 4.79 Å². The maximum absolute atomic E-state index is 11.8. The Morgan fingerprint density at radius 1 is 1.25 bits per heavy atom. The molecule has 20 heavy (non-hydrogen) atoms. The SMILES string of the molecule is Cc1sc2c(c1C)C(c1ccc(Cl)cc1)=NCC(=O)N2. The Bertz CT molecular complexity index is 716. The highest BCUT2D eigenvalue weighted by atomic mass is 35.5.